The van der Waals surface area contributed by atoms with Crippen LogP contribution in [0.1, 0.15) is 12.5 Å². The van der Waals surface area contributed by atoms with Gasteiger partial charge in [0.15, 0.2) is 0 Å². The molecule has 0 amide bonds. The fraction of sp³-hybridized carbons (Fsp3) is 0.385. The van der Waals surface area contributed by atoms with Crippen molar-refractivity contribution in [3.05, 3.63) is 47.2 Å². The van der Waals surface area contributed by atoms with Crippen molar-refractivity contribution >= 4 is 0 Å². The molecule has 0 aliphatic carbocycles. The highest BCUT2D eigenvalue weighted by molar-refractivity contribution is 5.24. The second-order valence-electron chi connectivity index (χ2n) is 4.02. The van der Waals surface area contributed by atoms with Crippen LogP contribution in [-0.4, -0.2) is 19.6 Å². The van der Waals surface area contributed by atoms with Gasteiger partial charge in [-0.05, 0) is 24.5 Å². The van der Waals surface area contributed by atoms with Crippen LogP contribution in [0, 0.1) is 0 Å². The van der Waals surface area contributed by atoms with E-state index in [9.17, 15) is 0 Å². The lowest BCUT2D eigenvalue weighted by atomic mass is 10.0. The van der Waals surface area contributed by atoms with Gasteiger partial charge < -0.3 is 10.6 Å². The fourth-order valence-corrected chi connectivity index (χ4v) is 1.89. The highest BCUT2D eigenvalue weighted by Crippen LogP contribution is 2.10. The Balaban J connectivity index is 2.05. The third kappa shape index (κ3) is 2.83. The van der Waals surface area contributed by atoms with Crippen LogP contribution in [-0.2, 0) is 6.42 Å². The molecule has 0 unspecified atom stereocenters. The van der Waals surface area contributed by atoms with Crippen LogP contribution in [0.2, 0.25) is 0 Å². The molecule has 80 valence electrons. The maximum Gasteiger partial charge on any atom is 0.0354 e. The standard InChI is InChI=1S/C13H18N2/c1-11(13-10-14-7-8-15-13)9-12-5-3-2-4-6-12/h2-6,14-15H,7-10H2,1H3. The lowest BCUT2D eigenvalue weighted by Crippen LogP contribution is -2.38. The van der Waals surface area contributed by atoms with Gasteiger partial charge in [0.2, 0.25) is 0 Å². The van der Waals surface area contributed by atoms with Gasteiger partial charge in [0, 0.05) is 25.3 Å². The number of nitrogens with one attached hydrogen (secondary N) is 2. The summed E-state index contributed by atoms with van der Waals surface area (Å²) in [6.07, 6.45) is 1.05. The molecule has 2 heteroatoms. The van der Waals surface area contributed by atoms with Gasteiger partial charge in [-0.1, -0.05) is 30.3 Å². The first-order chi connectivity index (χ1) is 7.36. The summed E-state index contributed by atoms with van der Waals surface area (Å²) in [6, 6.07) is 10.6. The Labute approximate surface area is 91.4 Å². The lowest BCUT2D eigenvalue weighted by Gasteiger charge is -2.21. The molecule has 2 N–H and O–H groups in total. The molecule has 0 bridgehead atoms. The van der Waals surface area contributed by atoms with Gasteiger partial charge in [0.05, 0.1) is 0 Å². The van der Waals surface area contributed by atoms with Gasteiger partial charge in [-0.15, -0.1) is 0 Å². The predicted octanol–water partition coefficient (Wildman–Crippen LogP) is 1.70. The quantitative estimate of drug-likeness (QED) is 0.762. The highest BCUT2D eigenvalue weighted by atomic mass is 15.0. The third-order valence-corrected chi connectivity index (χ3v) is 2.77. The fourth-order valence-electron chi connectivity index (χ4n) is 1.89. The lowest BCUT2D eigenvalue weighted by molar-refractivity contribution is 0.590. The Morgan fingerprint density at radius 3 is 2.67 bits per heavy atom. The van der Waals surface area contributed by atoms with E-state index in [4.69, 9.17) is 0 Å². The number of hydrogen-bond donors (Lipinski definition) is 2. The molecule has 1 saturated heterocycles. The molecule has 0 radical (unpaired) electrons. The van der Waals surface area contributed by atoms with Gasteiger partial charge in [-0.3, -0.25) is 0 Å². The molecule has 15 heavy (non-hydrogen) atoms. The van der Waals surface area contributed by atoms with Crippen molar-refractivity contribution in [2.75, 3.05) is 19.6 Å². The normalized spacial score (nSPS) is 19.5. The second kappa shape index (κ2) is 4.99. The van der Waals surface area contributed by atoms with Crippen molar-refractivity contribution in [3.63, 3.8) is 0 Å². The van der Waals surface area contributed by atoms with Gasteiger partial charge in [0.25, 0.3) is 0 Å². The molecule has 0 aromatic heterocycles. The van der Waals surface area contributed by atoms with Crippen LogP contribution in [0.4, 0.5) is 0 Å². The van der Waals surface area contributed by atoms with Crippen molar-refractivity contribution in [1.29, 1.82) is 0 Å². The first-order valence-electron chi connectivity index (χ1n) is 5.53. The number of allylic oxidation sites excluding steroid dienone is 1. The molecule has 1 aliphatic rings. The van der Waals surface area contributed by atoms with Gasteiger partial charge >= 0.3 is 0 Å². The molecule has 2 nitrogen and oxygen atoms in total. The summed E-state index contributed by atoms with van der Waals surface area (Å²) in [4.78, 5) is 0. The minimum atomic E-state index is 0.985. The highest BCUT2D eigenvalue weighted by Gasteiger charge is 2.06. The minimum Gasteiger partial charge on any atom is -0.386 e. The summed E-state index contributed by atoms with van der Waals surface area (Å²) in [5.41, 5.74) is 4.19. The molecule has 1 aromatic rings. The molecule has 0 saturated carbocycles. The molecule has 1 aromatic carbocycles. The Morgan fingerprint density at radius 1 is 1.20 bits per heavy atom. The maximum absolute atomic E-state index is 3.46. The van der Waals surface area contributed by atoms with Gasteiger partial charge in [-0.25, -0.2) is 0 Å². The summed E-state index contributed by atoms with van der Waals surface area (Å²) in [5, 5.41) is 6.84. The van der Waals surface area contributed by atoms with E-state index < -0.39 is 0 Å². The number of benzene rings is 1. The molecular formula is C13H18N2. The zero-order valence-corrected chi connectivity index (χ0v) is 9.22. The van der Waals surface area contributed by atoms with Crippen molar-refractivity contribution in [1.82, 2.24) is 10.6 Å². The first kappa shape index (κ1) is 10.2. The SMILES string of the molecule is CC(Cc1ccccc1)=C1CNCCN1. The molecule has 2 rings (SSSR count). The van der Waals surface area contributed by atoms with Gasteiger partial charge in [0.1, 0.15) is 0 Å². The van der Waals surface area contributed by atoms with E-state index in [1.807, 2.05) is 0 Å². The van der Waals surface area contributed by atoms with Crippen LogP contribution in [0.5, 0.6) is 0 Å². The Morgan fingerprint density at radius 2 is 2.00 bits per heavy atom. The Bertz CT molecular complexity index is 333. The molecule has 1 aliphatic heterocycles. The van der Waals surface area contributed by atoms with Crippen molar-refractivity contribution < 1.29 is 0 Å². The number of piperazine rings is 1. The topological polar surface area (TPSA) is 24.1 Å². The van der Waals surface area contributed by atoms with Crippen molar-refractivity contribution in [2.24, 2.45) is 0 Å². The van der Waals surface area contributed by atoms with E-state index in [0.717, 1.165) is 26.1 Å². The van der Waals surface area contributed by atoms with Gasteiger partial charge in [-0.2, -0.15) is 0 Å². The van der Waals surface area contributed by atoms with Crippen LogP contribution < -0.4 is 10.6 Å². The predicted molar refractivity (Wildman–Crippen MR) is 63.7 cm³/mol. The number of hydrogen-bond acceptors (Lipinski definition) is 2. The van der Waals surface area contributed by atoms with E-state index >= 15 is 0 Å². The summed E-state index contributed by atoms with van der Waals surface area (Å²) in [6.45, 7) is 5.31. The largest absolute Gasteiger partial charge is 0.386 e. The second-order valence-corrected chi connectivity index (χ2v) is 4.02. The smallest absolute Gasteiger partial charge is 0.0354 e. The van der Waals surface area contributed by atoms with Crippen LogP contribution in [0.3, 0.4) is 0 Å². The number of rotatable bonds is 2. The van der Waals surface area contributed by atoms with E-state index in [1.165, 1.54) is 16.8 Å². The van der Waals surface area contributed by atoms with E-state index in [1.54, 1.807) is 0 Å². The summed E-state index contributed by atoms with van der Waals surface area (Å²) >= 11 is 0. The molecule has 1 fully saturated rings. The minimum absolute atomic E-state index is 0.985. The summed E-state index contributed by atoms with van der Waals surface area (Å²) in [5.74, 6) is 0. The van der Waals surface area contributed by atoms with Crippen LogP contribution in [0.25, 0.3) is 0 Å². The average molecular weight is 202 g/mol. The zero-order chi connectivity index (χ0) is 10.5. The zero-order valence-electron chi connectivity index (χ0n) is 9.22. The maximum atomic E-state index is 3.46. The summed E-state index contributed by atoms with van der Waals surface area (Å²) in [7, 11) is 0. The monoisotopic (exact) mass is 202 g/mol. The van der Waals surface area contributed by atoms with E-state index in [2.05, 4.69) is 47.9 Å². The third-order valence-electron chi connectivity index (χ3n) is 2.77. The van der Waals surface area contributed by atoms with Crippen LogP contribution >= 0.6 is 0 Å². The van der Waals surface area contributed by atoms with Crippen molar-refractivity contribution in [3.8, 4) is 0 Å². The summed E-state index contributed by atoms with van der Waals surface area (Å²) < 4.78 is 0. The van der Waals surface area contributed by atoms with Crippen molar-refractivity contribution in [2.45, 2.75) is 13.3 Å². The molecule has 0 atom stereocenters. The van der Waals surface area contributed by atoms with E-state index in [-0.39, 0.29) is 0 Å². The van der Waals surface area contributed by atoms with E-state index in [0.29, 0.717) is 0 Å². The molecule has 0 spiro atoms. The first-order valence-corrected chi connectivity index (χ1v) is 5.53. The average Bonchev–Trinajstić information content (AvgIpc) is 2.31. The Kier molecular flexibility index (Phi) is 3.41. The molecular weight excluding hydrogens is 184 g/mol. The Hall–Kier alpha value is -1.28. The van der Waals surface area contributed by atoms with Crippen LogP contribution in [0.15, 0.2) is 41.6 Å². The molecule has 1 heterocycles.